The standard InChI is InChI=1S/C18H20BrNO4/c1-21-15-6-8-17(20-11-15)24-14-5-7-16(19)13(10-14)12-23-18-4-2-3-9-22-18/h5-8,10-11,18H,2-4,9,12H2,1H3. The van der Waals surface area contributed by atoms with Crippen molar-refractivity contribution in [1.82, 2.24) is 4.98 Å². The van der Waals surface area contributed by atoms with Crippen LogP contribution in [0.1, 0.15) is 24.8 Å². The van der Waals surface area contributed by atoms with Crippen molar-refractivity contribution in [3.63, 3.8) is 0 Å². The fourth-order valence-electron chi connectivity index (χ4n) is 2.42. The molecule has 2 aromatic rings. The lowest BCUT2D eigenvalue weighted by atomic mass is 10.2. The molecule has 0 bridgehead atoms. The van der Waals surface area contributed by atoms with Gasteiger partial charge in [-0.3, -0.25) is 0 Å². The van der Waals surface area contributed by atoms with E-state index in [1.807, 2.05) is 24.3 Å². The van der Waals surface area contributed by atoms with Crippen molar-refractivity contribution >= 4 is 15.9 Å². The van der Waals surface area contributed by atoms with Gasteiger partial charge >= 0.3 is 0 Å². The Morgan fingerprint density at radius 2 is 2.08 bits per heavy atom. The molecule has 128 valence electrons. The van der Waals surface area contributed by atoms with E-state index < -0.39 is 0 Å². The summed E-state index contributed by atoms with van der Waals surface area (Å²) in [6.07, 6.45) is 4.72. The minimum atomic E-state index is -0.113. The third kappa shape index (κ3) is 4.69. The van der Waals surface area contributed by atoms with E-state index in [0.29, 0.717) is 24.0 Å². The Bertz CT molecular complexity index is 657. The number of hydrogen-bond acceptors (Lipinski definition) is 5. The van der Waals surface area contributed by atoms with Crippen molar-refractivity contribution in [2.45, 2.75) is 32.2 Å². The van der Waals surface area contributed by atoms with Crippen LogP contribution in [0.3, 0.4) is 0 Å². The summed E-state index contributed by atoms with van der Waals surface area (Å²) < 4.78 is 23.3. The zero-order valence-corrected chi connectivity index (χ0v) is 15.1. The molecular weight excluding hydrogens is 374 g/mol. The molecule has 5 nitrogen and oxygen atoms in total. The minimum absolute atomic E-state index is 0.113. The zero-order chi connectivity index (χ0) is 16.8. The molecule has 0 N–H and O–H groups in total. The molecule has 1 aromatic carbocycles. The second kappa shape index (κ2) is 8.46. The van der Waals surface area contributed by atoms with Gasteiger partial charge in [0.15, 0.2) is 6.29 Å². The SMILES string of the molecule is COc1ccc(Oc2ccc(Br)c(COC3CCCCO3)c2)nc1. The molecule has 6 heteroatoms. The first kappa shape index (κ1) is 17.2. The number of hydrogen-bond donors (Lipinski definition) is 0. The third-order valence-electron chi connectivity index (χ3n) is 3.75. The maximum Gasteiger partial charge on any atom is 0.219 e. The Balaban J connectivity index is 1.63. The zero-order valence-electron chi connectivity index (χ0n) is 13.5. The quantitative estimate of drug-likeness (QED) is 0.712. The van der Waals surface area contributed by atoms with Crippen LogP contribution in [-0.2, 0) is 16.1 Å². The first-order valence-electron chi connectivity index (χ1n) is 7.94. The molecule has 0 aliphatic carbocycles. The average molecular weight is 394 g/mol. The predicted molar refractivity (Wildman–Crippen MR) is 93.4 cm³/mol. The normalized spacial score (nSPS) is 17.5. The van der Waals surface area contributed by atoms with Crippen LogP contribution in [0.15, 0.2) is 41.0 Å². The van der Waals surface area contributed by atoms with Crippen LogP contribution in [0.25, 0.3) is 0 Å². The number of benzene rings is 1. The van der Waals surface area contributed by atoms with Crippen molar-refractivity contribution in [2.75, 3.05) is 13.7 Å². The molecule has 1 atom stereocenters. The Kier molecular flexibility index (Phi) is 6.07. The van der Waals surface area contributed by atoms with E-state index in [9.17, 15) is 0 Å². The summed E-state index contributed by atoms with van der Waals surface area (Å²) in [4.78, 5) is 4.21. The summed E-state index contributed by atoms with van der Waals surface area (Å²) in [5.41, 5.74) is 1.01. The van der Waals surface area contributed by atoms with E-state index in [1.165, 1.54) is 0 Å². The largest absolute Gasteiger partial charge is 0.495 e. The maximum atomic E-state index is 5.85. The summed E-state index contributed by atoms with van der Waals surface area (Å²) in [7, 11) is 1.61. The number of pyridine rings is 1. The summed E-state index contributed by atoms with van der Waals surface area (Å²) in [6, 6.07) is 9.35. The van der Waals surface area contributed by atoms with E-state index in [2.05, 4.69) is 20.9 Å². The molecule has 1 aromatic heterocycles. The number of rotatable bonds is 6. The van der Waals surface area contributed by atoms with Gasteiger partial charge in [0.25, 0.3) is 0 Å². The first-order chi connectivity index (χ1) is 11.7. The highest BCUT2D eigenvalue weighted by Gasteiger charge is 2.15. The van der Waals surface area contributed by atoms with Gasteiger partial charge in [0.2, 0.25) is 5.88 Å². The van der Waals surface area contributed by atoms with E-state index in [0.717, 1.165) is 35.9 Å². The molecule has 3 rings (SSSR count). The number of ether oxygens (including phenoxy) is 4. The topological polar surface area (TPSA) is 49.8 Å². The summed E-state index contributed by atoms with van der Waals surface area (Å²) in [6.45, 7) is 1.25. The van der Waals surface area contributed by atoms with Crippen molar-refractivity contribution in [2.24, 2.45) is 0 Å². The molecule has 0 radical (unpaired) electrons. The lowest BCUT2D eigenvalue weighted by molar-refractivity contribution is -0.169. The molecule has 1 aliphatic rings. The number of halogens is 1. The Hall–Kier alpha value is -1.63. The van der Waals surface area contributed by atoms with Gasteiger partial charge in [-0.2, -0.15) is 0 Å². The van der Waals surface area contributed by atoms with Crippen molar-refractivity contribution in [1.29, 1.82) is 0 Å². The second-order valence-corrected chi connectivity index (χ2v) is 6.35. The molecule has 24 heavy (non-hydrogen) atoms. The van der Waals surface area contributed by atoms with Gasteiger partial charge in [0.05, 0.1) is 19.9 Å². The molecule has 0 amide bonds. The fraction of sp³-hybridized carbons (Fsp3) is 0.389. The number of nitrogens with zero attached hydrogens (tertiary/aromatic N) is 1. The summed E-state index contributed by atoms with van der Waals surface area (Å²) >= 11 is 3.55. The van der Waals surface area contributed by atoms with Crippen LogP contribution in [0, 0.1) is 0 Å². The smallest absolute Gasteiger partial charge is 0.219 e. The summed E-state index contributed by atoms with van der Waals surface area (Å²) in [5, 5.41) is 0. The van der Waals surface area contributed by atoms with E-state index in [-0.39, 0.29) is 6.29 Å². The highest BCUT2D eigenvalue weighted by atomic mass is 79.9. The number of aromatic nitrogens is 1. The van der Waals surface area contributed by atoms with Crippen molar-refractivity contribution in [3.05, 3.63) is 46.6 Å². The molecule has 0 saturated carbocycles. The van der Waals surface area contributed by atoms with Crippen LogP contribution >= 0.6 is 15.9 Å². The lowest BCUT2D eigenvalue weighted by Gasteiger charge is -2.23. The van der Waals surface area contributed by atoms with Gasteiger partial charge < -0.3 is 18.9 Å². The van der Waals surface area contributed by atoms with Gasteiger partial charge in [0, 0.05) is 17.1 Å². The molecular formula is C18H20BrNO4. The Morgan fingerprint density at radius 3 is 2.79 bits per heavy atom. The van der Waals surface area contributed by atoms with Gasteiger partial charge in [-0.15, -0.1) is 0 Å². The van der Waals surface area contributed by atoms with E-state index >= 15 is 0 Å². The highest BCUT2D eigenvalue weighted by molar-refractivity contribution is 9.10. The molecule has 1 saturated heterocycles. The van der Waals surface area contributed by atoms with Crippen molar-refractivity contribution < 1.29 is 18.9 Å². The van der Waals surface area contributed by atoms with E-state index in [4.69, 9.17) is 18.9 Å². The monoisotopic (exact) mass is 393 g/mol. The lowest BCUT2D eigenvalue weighted by Crippen LogP contribution is -2.22. The van der Waals surface area contributed by atoms with Gasteiger partial charge in [0.1, 0.15) is 11.5 Å². The third-order valence-corrected chi connectivity index (χ3v) is 4.52. The van der Waals surface area contributed by atoms with Crippen LogP contribution < -0.4 is 9.47 Å². The van der Waals surface area contributed by atoms with Crippen LogP contribution in [0.2, 0.25) is 0 Å². The van der Waals surface area contributed by atoms with Gasteiger partial charge in [-0.25, -0.2) is 4.98 Å². The maximum absolute atomic E-state index is 5.85. The highest BCUT2D eigenvalue weighted by Crippen LogP contribution is 2.28. The van der Waals surface area contributed by atoms with Crippen LogP contribution in [0.4, 0.5) is 0 Å². The second-order valence-electron chi connectivity index (χ2n) is 5.50. The first-order valence-corrected chi connectivity index (χ1v) is 8.73. The molecule has 1 fully saturated rings. The fourth-order valence-corrected chi connectivity index (χ4v) is 2.78. The Morgan fingerprint density at radius 1 is 1.21 bits per heavy atom. The van der Waals surface area contributed by atoms with E-state index in [1.54, 1.807) is 19.4 Å². The molecule has 0 spiro atoms. The van der Waals surface area contributed by atoms with Crippen LogP contribution in [-0.4, -0.2) is 25.0 Å². The van der Waals surface area contributed by atoms with Crippen LogP contribution in [0.5, 0.6) is 17.4 Å². The molecule has 1 aliphatic heterocycles. The van der Waals surface area contributed by atoms with Crippen molar-refractivity contribution in [3.8, 4) is 17.4 Å². The summed E-state index contributed by atoms with van der Waals surface area (Å²) in [5.74, 6) is 1.92. The molecule has 1 unspecified atom stereocenters. The van der Waals surface area contributed by atoms with Gasteiger partial charge in [-0.05, 0) is 49.1 Å². The predicted octanol–water partition coefficient (Wildman–Crippen LogP) is 4.69. The molecule has 2 heterocycles. The Labute approximate surface area is 150 Å². The minimum Gasteiger partial charge on any atom is -0.495 e. The number of methoxy groups -OCH3 is 1. The van der Waals surface area contributed by atoms with Gasteiger partial charge in [-0.1, -0.05) is 15.9 Å². The average Bonchev–Trinajstić information content (AvgIpc) is 2.63.